The Balaban J connectivity index is 1.96. The maximum atomic E-state index is 15.2. The summed E-state index contributed by atoms with van der Waals surface area (Å²) in [7, 11) is 2.90. The highest BCUT2D eigenvalue weighted by molar-refractivity contribution is 5.85. The third-order valence-corrected chi connectivity index (χ3v) is 5.96. The maximum Gasteiger partial charge on any atom is 0.220 e. The molecule has 4 rings (SSSR count). The third-order valence-electron chi connectivity index (χ3n) is 5.96. The van der Waals surface area contributed by atoms with Crippen molar-refractivity contribution < 1.29 is 18.3 Å². The fraction of sp³-hybridized carbons (Fsp3) is 0.333. The van der Waals surface area contributed by atoms with Crippen molar-refractivity contribution in [2.75, 3.05) is 14.2 Å². The Kier molecular flexibility index (Phi) is 6.10. The minimum Gasteiger partial charge on any atom is -0.494 e. The number of nitrogens with two attached hydrogens (primary N) is 1. The van der Waals surface area contributed by atoms with Crippen LogP contribution in [-0.2, 0) is 0 Å². The molecule has 1 aromatic heterocycles. The van der Waals surface area contributed by atoms with Crippen LogP contribution >= 0.6 is 0 Å². The molecule has 2 N–H and O–H groups in total. The summed E-state index contributed by atoms with van der Waals surface area (Å²) in [6.45, 7) is 0. The van der Waals surface area contributed by atoms with E-state index in [4.69, 9.17) is 20.3 Å². The fourth-order valence-electron chi connectivity index (χ4n) is 4.28. The van der Waals surface area contributed by atoms with Crippen molar-refractivity contribution >= 4 is 0 Å². The summed E-state index contributed by atoms with van der Waals surface area (Å²) in [4.78, 5) is 0. The van der Waals surface area contributed by atoms with Crippen molar-refractivity contribution in [1.29, 1.82) is 5.26 Å². The van der Waals surface area contributed by atoms with Crippen molar-refractivity contribution in [3.05, 3.63) is 53.6 Å². The van der Waals surface area contributed by atoms with Crippen molar-refractivity contribution in [2.24, 2.45) is 5.73 Å². The van der Waals surface area contributed by atoms with Gasteiger partial charge >= 0.3 is 0 Å². The molecular formula is C24H24F2N4O2. The first kappa shape index (κ1) is 21.8. The molecule has 8 heteroatoms. The zero-order valence-corrected chi connectivity index (χ0v) is 17.9. The summed E-state index contributed by atoms with van der Waals surface area (Å²) in [5.41, 5.74) is 7.34. The van der Waals surface area contributed by atoms with Gasteiger partial charge in [0.05, 0.1) is 31.4 Å². The number of halogens is 2. The summed E-state index contributed by atoms with van der Waals surface area (Å²) in [5.74, 6) is -0.726. The average Bonchev–Trinajstić information content (AvgIpc) is 3.19. The van der Waals surface area contributed by atoms with E-state index in [1.54, 1.807) is 22.9 Å². The summed E-state index contributed by atoms with van der Waals surface area (Å²) >= 11 is 0. The van der Waals surface area contributed by atoms with Crippen LogP contribution in [0.3, 0.4) is 0 Å². The van der Waals surface area contributed by atoms with Crippen LogP contribution in [0.4, 0.5) is 8.78 Å². The first-order chi connectivity index (χ1) is 15.5. The summed E-state index contributed by atoms with van der Waals surface area (Å²) in [5, 5.41) is 14.0. The Morgan fingerprint density at radius 2 is 1.84 bits per heavy atom. The molecule has 0 saturated heterocycles. The molecule has 1 fully saturated rings. The number of nitriles is 1. The van der Waals surface area contributed by atoms with Gasteiger partial charge in [0, 0.05) is 11.6 Å². The van der Waals surface area contributed by atoms with E-state index in [2.05, 4.69) is 0 Å². The molecular weight excluding hydrogens is 414 g/mol. The molecule has 1 saturated carbocycles. The largest absolute Gasteiger partial charge is 0.494 e. The van der Waals surface area contributed by atoms with Crippen LogP contribution in [0.15, 0.2) is 36.4 Å². The average molecular weight is 438 g/mol. The van der Waals surface area contributed by atoms with E-state index in [0.717, 1.165) is 25.7 Å². The number of benzene rings is 2. The normalized spacial score (nSPS) is 18.2. The number of methoxy groups -OCH3 is 2. The van der Waals surface area contributed by atoms with Gasteiger partial charge < -0.3 is 15.2 Å². The van der Waals surface area contributed by atoms with E-state index in [9.17, 15) is 9.65 Å². The van der Waals surface area contributed by atoms with Crippen molar-refractivity contribution in [2.45, 2.75) is 37.8 Å². The Labute approximate surface area is 185 Å². The second-order valence-corrected chi connectivity index (χ2v) is 7.87. The lowest BCUT2D eigenvalue weighted by atomic mass is 9.92. The van der Waals surface area contributed by atoms with Crippen LogP contribution in [-0.4, -0.2) is 30.0 Å². The summed E-state index contributed by atoms with van der Waals surface area (Å²) in [6.07, 6.45) is 3.28. The predicted octanol–water partition coefficient (Wildman–Crippen LogP) is 4.83. The second-order valence-electron chi connectivity index (χ2n) is 7.87. The Morgan fingerprint density at radius 1 is 1.09 bits per heavy atom. The van der Waals surface area contributed by atoms with Crippen LogP contribution in [0, 0.1) is 23.0 Å². The third kappa shape index (κ3) is 3.80. The van der Waals surface area contributed by atoms with E-state index in [1.165, 1.54) is 32.4 Å². The van der Waals surface area contributed by atoms with E-state index in [1.807, 2.05) is 6.07 Å². The van der Waals surface area contributed by atoms with Crippen LogP contribution < -0.4 is 15.2 Å². The zero-order valence-electron chi connectivity index (χ0n) is 17.9. The minimum atomic E-state index is -0.678. The second kappa shape index (κ2) is 8.97. The zero-order chi connectivity index (χ0) is 22.8. The number of nitrogens with zero attached hydrogens (tertiary/aromatic N) is 3. The Bertz CT molecular complexity index is 1180. The molecule has 0 radical (unpaired) electrons. The van der Waals surface area contributed by atoms with E-state index >= 15 is 4.39 Å². The molecule has 0 atom stereocenters. The van der Waals surface area contributed by atoms with E-state index < -0.39 is 11.6 Å². The maximum absolute atomic E-state index is 15.2. The fourth-order valence-corrected chi connectivity index (χ4v) is 4.28. The van der Waals surface area contributed by atoms with Gasteiger partial charge in [-0.05, 0) is 55.5 Å². The molecule has 32 heavy (non-hydrogen) atoms. The number of hydrogen-bond acceptors (Lipinski definition) is 5. The number of aromatic nitrogens is 2. The topological polar surface area (TPSA) is 86.1 Å². The van der Waals surface area contributed by atoms with Crippen molar-refractivity contribution in [3.8, 4) is 40.1 Å². The molecule has 166 valence electrons. The first-order valence-electron chi connectivity index (χ1n) is 10.4. The van der Waals surface area contributed by atoms with Crippen LogP contribution in [0.5, 0.6) is 11.6 Å². The molecule has 1 aliphatic carbocycles. The van der Waals surface area contributed by atoms with Crippen LogP contribution in [0.25, 0.3) is 22.4 Å². The smallest absolute Gasteiger partial charge is 0.220 e. The number of hydrogen-bond donors (Lipinski definition) is 1. The molecule has 0 spiro atoms. The van der Waals surface area contributed by atoms with Gasteiger partial charge in [0.2, 0.25) is 5.88 Å². The van der Waals surface area contributed by atoms with E-state index in [0.29, 0.717) is 17.0 Å². The Morgan fingerprint density at radius 3 is 2.47 bits per heavy atom. The van der Waals surface area contributed by atoms with Gasteiger partial charge in [0.15, 0.2) is 11.6 Å². The van der Waals surface area contributed by atoms with Crippen LogP contribution in [0.2, 0.25) is 0 Å². The van der Waals surface area contributed by atoms with Crippen molar-refractivity contribution in [3.63, 3.8) is 0 Å². The van der Waals surface area contributed by atoms with Gasteiger partial charge in [-0.1, -0.05) is 12.1 Å². The van der Waals surface area contributed by atoms with Crippen LogP contribution in [0.1, 0.15) is 37.3 Å². The SMILES string of the molecule is COc1ccc(-c2c(-c3cccc(C#N)c3F)nn(C3CCC(N)CC3)c2OC)cc1F. The summed E-state index contributed by atoms with van der Waals surface area (Å²) < 4.78 is 42.3. The molecule has 0 unspecified atom stereocenters. The lowest BCUT2D eigenvalue weighted by Crippen LogP contribution is -2.28. The Hall–Kier alpha value is -3.44. The van der Waals surface area contributed by atoms with Gasteiger partial charge in [-0.3, -0.25) is 0 Å². The van der Waals surface area contributed by atoms with Gasteiger partial charge in [-0.2, -0.15) is 10.4 Å². The van der Waals surface area contributed by atoms with Gasteiger partial charge in [-0.25, -0.2) is 13.5 Å². The molecule has 1 aliphatic rings. The lowest BCUT2D eigenvalue weighted by molar-refractivity contribution is 0.268. The molecule has 6 nitrogen and oxygen atoms in total. The number of rotatable bonds is 5. The lowest BCUT2D eigenvalue weighted by Gasteiger charge is -2.27. The standard InChI is InChI=1S/C24H24F2N4O2/c1-31-20-11-6-14(12-19(20)25)21-23(18-5-3-4-15(13-27)22(18)26)29-30(24(21)32-2)17-9-7-16(28)8-10-17/h3-6,11-12,16-17H,7-10,28H2,1-2H3. The highest BCUT2D eigenvalue weighted by atomic mass is 19.1. The van der Waals surface area contributed by atoms with Gasteiger partial charge in [0.25, 0.3) is 0 Å². The predicted molar refractivity (Wildman–Crippen MR) is 116 cm³/mol. The molecule has 0 amide bonds. The minimum absolute atomic E-state index is 0.0163. The van der Waals surface area contributed by atoms with Gasteiger partial charge in [0.1, 0.15) is 17.6 Å². The first-order valence-corrected chi connectivity index (χ1v) is 10.4. The summed E-state index contributed by atoms with van der Waals surface area (Å²) in [6, 6.07) is 11.1. The number of ether oxygens (including phenoxy) is 2. The highest BCUT2D eigenvalue weighted by Crippen LogP contribution is 2.44. The quantitative estimate of drug-likeness (QED) is 0.617. The highest BCUT2D eigenvalue weighted by Gasteiger charge is 2.30. The molecule has 0 bridgehead atoms. The monoisotopic (exact) mass is 438 g/mol. The van der Waals surface area contributed by atoms with Gasteiger partial charge in [-0.15, -0.1) is 0 Å². The van der Waals surface area contributed by atoms with Crippen molar-refractivity contribution in [1.82, 2.24) is 9.78 Å². The molecule has 0 aliphatic heterocycles. The van der Waals surface area contributed by atoms with E-state index in [-0.39, 0.29) is 34.7 Å². The molecule has 3 aromatic rings. The molecule has 1 heterocycles. The molecule has 2 aromatic carbocycles.